The Bertz CT molecular complexity index is 1150. The van der Waals surface area contributed by atoms with Crippen molar-refractivity contribution in [2.24, 2.45) is 11.0 Å². The number of hydrazone groups is 1. The molecule has 33 heavy (non-hydrogen) atoms. The van der Waals surface area contributed by atoms with Gasteiger partial charge in [0.15, 0.2) is 0 Å². The van der Waals surface area contributed by atoms with Crippen molar-refractivity contribution in [3.8, 4) is 11.5 Å². The lowest BCUT2D eigenvalue weighted by atomic mass is 9.89. The van der Waals surface area contributed by atoms with Crippen LogP contribution in [0.15, 0.2) is 65.8 Å². The second kappa shape index (κ2) is 10.8. The smallest absolute Gasteiger partial charge is 0.343 e. The highest BCUT2D eigenvalue weighted by Gasteiger charge is 2.20. The highest BCUT2D eigenvalue weighted by atomic mass is 16.5. The monoisotopic (exact) mass is 444 g/mol. The molecule has 0 spiro atoms. The lowest BCUT2D eigenvalue weighted by molar-refractivity contribution is -0.125. The minimum Gasteiger partial charge on any atom is -0.494 e. The number of amides is 1. The molecule has 0 heterocycles. The van der Waals surface area contributed by atoms with Gasteiger partial charge in [0, 0.05) is 11.5 Å². The standard InChI is InChI=1S/C27H28N2O4/c1-2-32-22-15-12-21(13-16-22)27(31)33-25-17-14-19-8-6-7-11-23(19)24(25)18-28-29-26(30)20-9-4-3-5-10-20/h6-8,11-18,20H,2-5,9-10H2,1H3,(H,29,30). The quantitative estimate of drug-likeness (QED) is 0.226. The van der Waals surface area contributed by atoms with Crippen LogP contribution in [0.3, 0.4) is 0 Å². The Hall–Kier alpha value is -3.67. The Morgan fingerprint density at radius 3 is 2.52 bits per heavy atom. The average molecular weight is 445 g/mol. The summed E-state index contributed by atoms with van der Waals surface area (Å²) >= 11 is 0. The van der Waals surface area contributed by atoms with Crippen LogP contribution >= 0.6 is 0 Å². The molecule has 0 aromatic heterocycles. The number of hydrogen-bond donors (Lipinski definition) is 1. The SMILES string of the molecule is CCOc1ccc(C(=O)Oc2ccc3ccccc3c2C=NNC(=O)C2CCCCC2)cc1. The van der Waals surface area contributed by atoms with Crippen LogP contribution in [0.2, 0.25) is 0 Å². The molecule has 0 aliphatic heterocycles. The Morgan fingerprint density at radius 1 is 1.00 bits per heavy atom. The fourth-order valence-corrected chi connectivity index (χ4v) is 4.13. The van der Waals surface area contributed by atoms with Crippen LogP contribution in [-0.4, -0.2) is 24.7 Å². The number of rotatable bonds is 7. The van der Waals surface area contributed by atoms with E-state index in [1.54, 1.807) is 36.5 Å². The van der Waals surface area contributed by atoms with Crippen LogP contribution in [0.5, 0.6) is 11.5 Å². The van der Waals surface area contributed by atoms with Gasteiger partial charge in [-0.05, 0) is 60.9 Å². The number of carbonyl (C=O) groups excluding carboxylic acids is 2. The lowest BCUT2D eigenvalue weighted by Gasteiger charge is -2.19. The zero-order valence-corrected chi connectivity index (χ0v) is 18.8. The Labute approximate surface area is 193 Å². The number of benzene rings is 3. The van der Waals surface area contributed by atoms with Crippen molar-refractivity contribution >= 4 is 28.9 Å². The van der Waals surface area contributed by atoms with E-state index in [1.165, 1.54) is 6.42 Å². The van der Waals surface area contributed by atoms with Crippen molar-refractivity contribution in [3.63, 3.8) is 0 Å². The van der Waals surface area contributed by atoms with Gasteiger partial charge in [-0.25, -0.2) is 10.2 Å². The van der Waals surface area contributed by atoms with E-state index in [0.29, 0.717) is 29.2 Å². The molecule has 1 fully saturated rings. The van der Waals surface area contributed by atoms with Crippen molar-refractivity contribution < 1.29 is 19.1 Å². The van der Waals surface area contributed by atoms with Gasteiger partial charge in [-0.3, -0.25) is 4.79 Å². The molecule has 1 saturated carbocycles. The second-order valence-corrected chi connectivity index (χ2v) is 8.11. The summed E-state index contributed by atoms with van der Waals surface area (Å²) in [6.45, 7) is 2.46. The van der Waals surface area contributed by atoms with Crippen LogP contribution in [0.1, 0.15) is 54.9 Å². The van der Waals surface area contributed by atoms with E-state index in [9.17, 15) is 9.59 Å². The molecule has 6 nitrogen and oxygen atoms in total. The highest BCUT2D eigenvalue weighted by Crippen LogP contribution is 2.28. The van der Waals surface area contributed by atoms with Crippen molar-refractivity contribution in [3.05, 3.63) is 71.8 Å². The van der Waals surface area contributed by atoms with Crippen molar-refractivity contribution in [1.82, 2.24) is 5.43 Å². The zero-order valence-electron chi connectivity index (χ0n) is 18.8. The first-order valence-electron chi connectivity index (χ1n) is 11.5. The first-order valence-corrected chi connectivity index (χ1v) is 11.5. The molecule has 0 radical (unpaired) electrons. The third kappa shape index (κ3) is 5.58. The summed E-state index contributed by atoms with van der Waals surface area (Å²) in [5, 5.41) is 6.07. The molecular formula is C27H28N2O4. The molecule has 1 N–H and O–H groups in total. The number of nitrogens with one attached hydrogen (secondary N) is 1. The predicted octanol–water partition coefficient (Wildman–Crippen LogP) is 5.49. The van der Waals surface area contributed by atoms with Gasteiger partial charge in [0.05, 0.1) is 18.4 Å². The van der Waals surface area contributed by atoms with E-state index in [4.69, 9.17) is 9.47 Å². The number of fused-ring (bicyclic) bond motifs is 1. The van der Waals surface area contributed by atoms with Crippen LogP contribution < -0.4 is 14.9 Å². The average Bonchev–Trinajstić information content (AvgIpc) is 2.86. The van der Waals surface area contributed by atoms with Crippen molar-refractivity contribution in [2.45, 2.75) is 39.0 Å². The number of ether oxygens (including phenoxy) is 2. The maximum Gasteiger partial charge on any atom is 0.343 e. The van der Waals surface area contributed by atoms with Crippen LogP contribution in [0.4, 0.5) is 0 Å². The van der Waals surface area contributed by atoms with Gasteiger partial charge in [0.25, 0.3) is 0 Å². The largest absolute Gasteiger partial charge is 0.494 e. The minimum absolute atomic E-state index is 0.0142. The molecule has 3 aromatic rings. The highest BCUT2D eigenvalue weighted by molar-refractivity contribution is 6.04. The first-order chi connectivity index (χ1) is 16.2. The van der Waals surface area contributed by atoms with E-state index in [0.717, 1.165) is 36.5 Å². The number of nitrogens with zero attached hydrogens (tertiary/aromatic N) is 1. The van der Waals surface area contributed by atoms with Gasteiger partial charge in [0.2, 0.25) is 5.91 Å². The number of esters is 1. The molecular weight excluding hydrogens is 416 g/mol. The van der Waals surface area contributed by atoms with Crippen LogP contribution in [-0.2, 0) is 4.79 Å². The van der Waals surface area contributed by atoms with E-state index in [1.807, 2.05) is 37.3 Å². The maximum absolute atomic E-state index is 12.8. The summed E-state index contributed by atoms with van der Waals surface area (Å²) in [7, 11) is 0. The summed E-state index contributed by atoms with van der Waals surface area (Å²) in [5.41, 5.74) is 3.72. The minimum atomic E-state index is -0.478. The van der Waals surface area contributed by atoms with Gasteiger partial charge < -0.3 is 9.47 Å². The van der Waals surface area contributed by atoms with E-state index in [-0.39, 0.29) is 11.8 Å². The summed E-state index contributed by atoms with van der Waals surface area (Å²) in [6, 6.07) is 18.2. The third-order valence-electron chi connectivity index (χ3n) is 5.88. The third-order valence-corrected chi connectivity index (χ3v) is 5.88. The van der Waals surface area contributed by atoms with Gasteiger partial charge in [-0.2, -0.15) is 5.10 Å². The van der Waals surface area contributed by atoms with Gasteiger partial charge >= 0.3 is 5.97 Å². The van der Waals surface area contributed by atoms with Crippen molar-refractivity contribution in [1.29, 1.82) is 0 Å². The van der Waals surface area contributed by atoms with E-state index in [2.05, 4.69) is 10.5 Å². The van der Waals surface area contributed by atoms with Crippen LogP contribution in [0.25, 0.3) is 10.8 Å². The topological polar surface area (TPSA) is 77.0 Å². The molecule has 1 aliphatic rings. The second-order valence-electron chi connectivity index (χ2n) is 8.11. The van der Waals surface area contributed by atoms with Gasteiger partial charge in [-0.1, -0.05) is 49.6 Å². The summed E-state index contributed by atoms with van der Waals surface area (Å²) in [4.78, 5) is 25.2. The van der Waals surface area contributed by atoms with E-state index >= 15 is 0 Å². The first kappa shape index (κ1) is 22.5. The molecule has 6 heteroatoms. The molecule has 3 aromatic carbocycles. The Morgan fingerprint density at radius 2 is 1.76 bits per heavy atom. The Kier molecular flexibility index (Phi) is 7.35. The van der Waals surface area contributed by atoms with Gasteiger partial charge in [0.1, 0.15) is 11.5 Å². The molecule has 1 amide bonds. The summed E-state index contributed by atoms with van der Waals surface area (Å²) < 4.78 is 11.2. The lowest BCUT2D eigenvalue weighted by Crippen LogP contribution is -2.28. The fraction of sp³-hybridized carbons (Fsp3) is 0.296. The molecule has 0 atom stereocenters. The summed E-state index contributed by atoms with van der Waals surface area (Å²) in [5.74, 6) is 0.554. The van der Waals surface area contributed by atoms with Crippen LogP contribution in [0, 0.1) is 5.92 Å². The molecule has 170 valence electrons. The normalized spacial score (nSPS) is 14.3. The predicted molar refractivity (Wildman–Crippen MR) is 129 cm³/mol. The Balaban J connectivity index is 1.55. The molecule has 0 bridgehead atoms. The molecule has 1 aliphatic carbocycles. The van der Waals surface area contributed by atoms with E-state index < -0.39 is 5.97 Å². The summed E-state index contributed by atoms with van der Waals surface area (Å²) in [6.07, 6.45) is 6.71. The van der Waals surface area contributed by atoms with Gasteiger partial charge in [-0.15, -0.1) is 0 Å². The zero-order chi connectivity index (χ0) is 23.0. The number of carbonyl (C=O) groups is 2. The number of hydrogen-bond acceptors (Lipinski definition) is 5. The fourth-order valence-electron chi connectivity index (χ4n) is 4.13. The molecule has 0 saturated heterocycles. The molecule has 0 unspecified atom stereocenters. The maximum atomic E-state index is 12.8. The van der Waals surface area contributed by atoms with Crippen molar-refractivity contribution in [2.75, 3.05) is 6.61 Å². The molecule has 4 rings (SSSR count).